The van der Waals surface area contributed by atoms with Crippen molar-refractivity contribution in [3.05, 3.63) is 53.9 Å². The number of piperidine rings is 1. The molecule has 1 aliphatic rings. The highest BCUT2D eigenvalue weighted by atomic mass is 15.3. The molecule has 1 saturated heterocycles. The lowest BCUT2D eigenvalue weighted by Crippen LogP contribution is -2.48. The summed E-state index contributed by atoms with van der Waals surface area (Å²) in [4.78, 5) is 7.30. The quantitative estimate of drug-likeness (QED) is 0.662. The summed E-state index contributed by atoms with van der Waals surface area (Å²) in [6.07, 6.45) is 6.30. The first-order valence-electron chi connectivity index (χ1n) is 9.77. The summed E-state index contributed by atoms with van der Waals surface area (Å²) in [5.41, 5.74) is 2.63. The molecule has 1 fully saturated rings. The van der Waals surface area contributed by atoms with Gasteiger partial charge in [-0.3, -0.25) is 4.68 Å². The van der Waals surface area contributed by atoms with Gasteiger partial charge < -0.3 is 10.2 Å². The minimum Gasteiger partial charge on any atom is -0.357 e. The number of benzene rings is 1. The third-order valence-corrected chi connectivity index (χ3v) is 5.29. The smallest absolute Gasteiger partial charge is 0.194 e. The topological polar surface area (TPSA) is 45.5 Å². The predicted molar refractivity (Wildman–Crippen MR) is 107 cm³/mol. The molecular weight excluding hydrogens is 322 g/mol. The molecule has 0 radical (unpaired) electrons. The standard InChI is InChI=1S/C21H31N5/c1-4-18-16-26(12-11-20(18)19-9-7-6-8-10-19)21(22-5-2)23-13-17-14-24-25(3)15-17/h6-10,14-15,18,20H,4-5,11-13,16H2,1-3H3,(H,22,23). The molecule has 0 spiro atoms. The van der Waals surface area contributed by atoms with Crippen LogP contribution in [0.1, 0.15) is 43.7 Å². The maximum absolute atomic E-state index is 4.87. The van der Waals surface area contributed by atoms with Crippen molar-refractivity contribution in [3.63, 3.8) is 0 Å². The van der Waals surface area contributed by atoms with E-state index in [4.69, 9.17) is 4.99 Å². The van der Waals surface area contributed by atoms with E-state index in [-0.39, 0.29) is 0 Å². The normalized spacial score (nSPS) is 21.0. The van der Waals surface area contributed by atoms with Crippen molar-refractivity contribution in [2.45, 2.75) is 39.2 Å². The van der Waals surface area contributed by atoms with Crippen molar-refractivity contribution in [2.24, 2.45) is 18.0 Å². The van der Waals surface area contributed by atoms with Gasteiger partial charge in [-0.05, 0) is 30.7 Å². The Morgan fingerprint density at radius 3 is 2.73 bits per heavy atom. The summed E-state index contributed by atoms with van der Waals surface area (Å²) >= 11 is 0. The Morgan fingerprint density at radius 1 is 1.27 bits per heavy atom. The Labute approximate surface area is 157 Å². The second-order valence-electron chi connectivity index (χ2n) is 7.11. The van der Waals surface area contributed by atoms with Crippen molar-refractivity contribution in [2.75, 3.05) is 19.6 Å². The Hall–Kier alpha value is -2.30. The first-order valence-corrected chi connectivity index (χ1v) is 9.77. The minimum absolute atomic E-state index is 0.652. The van der Waals surface area contributed by atoms with Crippen molar-refractivity contribution < 1.29 is 0 Å². The number of aromatic nitrogens is 2. The van der Waals surface area contributed by atoms with Crippen LogP contribution in [0.4, 0.5) is 0 Å². The highest BCUT2D eigenvalue weighted by Crippen LogP contribution is 2.34. The van der Waals surface area contributed by atoms with Gasteiger partial charge in [0.15, 0.2) is 5.96 Å². The third-order valence-electron chi connectivity index (χ3n) is 5.29. The molecule has 5 nitrogen and oxygen atoms in total. The lowest BCUT2D eigenvalue weighted by Gasteiger charge is -2.40. The molecule has 2 heterocycles. The van der Waals surface area contributed by atoms with Crippen LogP contribution in [0, 0.1) is 5.92 Å². The fraction of sp³-hybridized carbons (Fsp3) is 0.524. The summed E-state index contributed by atoms with van der Waals surface area (Å²) in [7, 11) is 1.94. The minimum atomic E-state index is 0.652. The zero-order chi connectivity index (χ0) is 18.4. The van der Waals surface area contributed by atoms with Gasteiger partial charge in [-0.25, -0.2) is 4.99 Å². The maximum Gasteiger partial charge on any atom is 0.194 e. The molecule has 5 heteroatoms. The number of likely N-dealkylation sites (tertiary alicyclic amines) is 1. The van der Waals surface area contributed by atoms with Crippen molar-refractivity contribution in [1.29, 1.82) is 0 Å². The molecule has 26 heavy (non-hydrogen) atoms. The van der Waals surface area contributed by atoms with Crippen molar-refractivity contribution in [3.8, 4) is 0 Å². The molecule has 2 unspecified atom stereocenters. The van der Waals surface area contributed by atoms with E-state index in [0.29, 0.717) is 18.4 Å². The van der Waals surface area contributed by atoms with Gasteiger partial charge in [-0.15, -0.1) is 0 Å². The summed E-state index contributed by atoms with van der Waals surface area (Å²) in [5.74, 6) is 2.34. The Morgan fingerprint density at radius 2 is 2.08 bits per heavy atom. The fourth-order valence-corrected chi connectivity index (χ4v) is 3.92. The van der Waals surface area contributed by atoms with Gasteiger partial charge in [0.2, 0.25) is 0 Å². The van der Waals surface area contributed by atoms with Crippen LogP contribution in [-0.2, 0) is 13.6 Å². The van der Waals surface area contributed by atoms with E-state index in [2.05, 4.69) is 59.5 Å². The number of hydrogen-bond donors (Lipinski definition) is 1. The molecule has 1 N–H and O–H groups in total. The molecule has 140 valence electrons. The summed E-state index contributed by atoms with van der Waals surface area (Å²) in [5, 5.41) is 7.71. The number of guanidine groups is 1. The summed E-state index contributed by atoms with van der Waals surface area (Å²) in [6.45, 7) is 8.12. The van der Waals surface area contributed by atoms with Gasteiger partial charge >= 0.3 is 0 Å². The maximum atomic E-state index is 4.87. The lowest BCUT2D eigenvalue weighted by atomic mass is 9.79. The molecule has 0 aliphatic carbocycles. The van der Waals surface area contributed by atoms with Crippen LogP contribution in [0.25, 0.3) is 0 Å². The summed E-state index contributed by atoms with van der Waals surface area (Å²) in [6, 6.07) is 11.0. The molecule has 0 saturated carbocycles. The number of nitrogens with one attached hydrogen (secondary N) is 1. The van der Waals surface area contributed by atoms with Gasteiger partial charge in [0.25, 0.3) is 0 Å². The Bertz CT molecular complexity index is 706. The van der Waals surface area contributed by atoms with Gasteiger partial charge in [0, 0.05) is 38.4 Å². The second kappa shape index (κ2) is 8.88. The zero-order valence-electron chi connectivity index (χ0n) is 16.2. The van der Waals surface area contributed by atoms with E-state index in [1.54, 1.807) is 0 Å². The SMILES string of the molecule is CCNC(=NCc1cnn(C)c1)N1CCC(c2ccccc2)C(CC)C1. The largest absolute Gasteiger partial charge is 0.357 e. The molecular formula is C21H31N5. The van der Waals surface area contributed by atoms with E-state index >= 15 is 0 Å². The molecule has 1 aromatic heterocycles. The molecule has 2 atom stereocenters. The molecule has 1 aliphatic heterocycles. The predicted octanol–water partition coefficient (Wildman–Crippen LogP) is 3.40. The van der Waals surface area contributed by atoms with Crippen molar-refractivity contribution >= 4 is 5.96 Å². The average Bonchev–Trinajstić information content (AvgIpc) is 3.10. The third kappa shape index (κ3) is 4.45. The molecule has 2 aromatic rings. The van der Waals surface area contributed by atoms with Crippen LogP contribution < -0.4 is 5.32 Å². The monoisotopic (exact) mass is 353 g/mol. The number of hydrogen-bond acceptors (Lipinski definition) is 2. The van der Waals surface area contributed by atoms with Crippen LogP contribution in [0.15, 0.2) is 47.7 Å². The van der Waals surface area contributed by atoms with E-state index in [1.165, 1.54) is 18.4 Å². The fourth-order valence-electron chi connectivity index (χ4n) is 3.92. The molecule has 3 rings (SSSR count). The molecule has 0 bridgehead atoms. The van der Waals surface area contributed by atoms with Crippen LogP contribution in [0.3, 0.4) is 0 Å². The van der Waals surface area contributed by atoms with Crippen LogP contribution in [0.2, 0.25) is 0 Å². The van der Waals surface area contributed by atoms with Crippen LogP contribution in [0.5, 0.6) is 0 Å². The van der Waals surface area contributed by atoms with E-state index < -0.39 is 0 Å². The van der Waals surface area contributed by atoms with E-state index in [9.17, 15) is 0 Å². The van der Waals surface area contributed by atoms with Gasteiger partial charge in [0.05, 0.1) is 12.7 Å². The second-order valence-corrected chi connectivity index (χ2v) is 7.11. The van der Waals surface area contributed by atoms with Crippen molar-refractivity contribution in [1.82, 2.24) is 20.0 Å². The molecule has 1 aromatic carbocycles. The highest BCUT2D eigenvalue weighted by Gasteiger charge is 2.30. The summed E-state index contributed by atoms with van der Waals surface area (Å²) < 4.78 is 1.83. The first-order chi connectivity index (χ1) is 12.7. The highest BCUT2D eigenvalue weighted by molar-refractivity contribution is 5.80. The van der Waals surface area contributed by atoms with Crippen LogP contribution in [-0.4, -0.2) is 40.3 Å². The average molecular weight is 354 g/mol. The Kier molecular flexibility index (Phi) is 6.31. The number of rotatable bonds is 5. The molecule has 0 amide bonds. The number of aliphatic imine (C=N–C) groups is 1. The number of nitrogens with zero attached hydrogens (tertiary/aromatic N) is 4. The van der Waals surface area contributed by atoms with E-state index in [0.717, 1.165) is 31.2 Å². The van der Waals surface area contributed by atoms with Gasteiger partial charge in [-0.2, -0.15) is 5.10 Å². The lowest BCUT2D eigenvalue weighted by molar-refractivity contribution is 0.215. The Balaban J connectivity index is 1.70. The number of aryl methyl sites for hydroxylation is 1. The van der Waals surface area contributed by atoms with Gasteiger partial charge in [-0.1, -0.05) is 43.7 Å². The first kappa shape index (κ1) is 18.5. The van der Waals surface area contributed by atoms with E-state index in [1.807, 2.05) is 24.1 Å². The van der Waals surface area contributed by atoms with Gasteiger partial charge in [0.1, 0.15) is 0 Å². The zero-order valence-corrected chi connectivity index (χ0v) is 16.2. The van der Waals surface area contributed by atoms with Crippen LogP contribution >= 0.6 is 0 Å².